The highest BCUT2D eigenvalue weighted by atomic mass is 32.2. The highest BCUT2D eigenvalue weighted by molar-refractivity contribution is 8.16. The molecule has 4 aromatic heterocycles. The minimum atomic E-state index is -5.19. The third-order valence-electron chi connectivity index (χ3n) is 16.2. The molecule has 4 aromatic rings. The molecule has 7 N–H and O–H groups in total. The van der Waals surface area contributed by atoms with E-state index in [1.165, 1.54) is 78.2 Å². The highest BCUT2D eigenvalue weighted by Gasteiger charge is 2.48. The molecule has 0 unspecified atom stereocenters. The predicted molar refractivity (Wildman–Crippen MR) is 420 cm³/mol. The number of hydrogen-bond donors (Lipinski definition) is 6. The molecule has 30 nitrogen and oxygen atoms in total. The number of Topliss-reactive ketones (excluding diaryl/α,β-unsaturated/α-hetero) is 1. The van der Waals surface area contributed by atoms with Crippen LogP contribution in [0.2, 0.25) is 0 Å². The molecule has 4 aliphatic rings. The number of nitrogens with one attached hydrogen (secondary N) is 3. The molecule has 111 heavy (non-hydrogen) atoms. The largest absolute Gasteiger partial charge is 0.542 e. The molecule has 8 rings (SSSR count). The van der Waals surface area contributed by atoms with Crippen LogP contribution in [-0.2, 0) is 47.7 Å². The van der Waals surface area contributed by atoms with Gasteiger partial charge in [0.15, 0.2) is 11.3 Å². The third-order valence-corrected chi connectivity index (χ3v) is 21.8. The van der Waals surface area contributed by atoms with Crippen LogP contribution >= 0.6 is 47.0 Å². The quantitative estimate of drug-likeness (QED) is 0.0118. The van der Waals surface area contributed by atoms with E-state index >= 15 is 0 Å². The number of alkyl halides is 3. The van der Waals surface area contributed by atoms with Crippen LogP contribution in [0.25, 0.3) is 0 Å². The summed E-state index contributed by atoms with van der Waals surface area (Å²) in [6.07, 6.45) is 1.05. The van der Waals surface area contributed by atoms with E-state index in [9.17, 15) is 56.3 Å². The van der Waals surface area contributed by atoms with Gasteiger partial charge in [-0.05, 0) is 126 Å². The number of halogens is 3. The Morgan fingerprint density at radius 2 is 0.802 bits per heavy atom. The van der Waals surface area contributed by atoms with Crippen molar-refractivity contribution in [2.45, 2.75) is 226 Å². The first-order valence-corrected chi connectivity index (χ1v) is 39.8. The first-order valence-electron chi connectivity index (χ1n) is 35.9. The van der Waals surface area contributed by atoms with Gasteiger partial charge < -0.3 is 78.5 Å². The normalized spacial score (nSPS) is 20.4. The molecule has 4 aliphatic heterocycles. The Hall–Kier alpha value is -8.04. The summed E-state index contributed by atoms with van der Waals surface area (Å²) in [6.45, 7) is 31.0. The lowest BCUT2D eigenvalue weighted by molar-refractivity contribution is -0.344. The summed E-state index contributed by atoms with van der Waals surface area (Å²) in [6, 6.07) is 17.4. The number of nitrogens with two attached hydrogens (primary N) is 1. The van der Waals surface area contributed by atoms with E-state index in [1.54, 1.807) is 90.1 Å². The minimum Gasteiger partial charge on any atom is -0.542 e. The zero-order valence-corrected chi connectivity index (χ0v) is 68.5. The molecular formula is C74H103F3N9O21S4-. The third kappa shape index (κ3) is 30.1. The topological polar surface area (TPSA) is 448 Å². The molecule has 8 atom stereocenters. The second kappa shape index (κ2) is 45.6. The number of nitrogens with zero attached hydrogens (tertiary/aromatic N) is 5. The summed E-state index contributed by atoms with van der Waals surface area (Å²) in [5, 5.41) is 40.9. The lowest BCUT2D eigenvalue weighted by Crippen LogP contribution is -2.45. The maximum atomic E-state index is 13.1. The molecule has 0 saturated heterocycles. The number of carboxylic acid groups (broad SMARTS) is 2. The number of ether oxygens (including phenoxy) is 4. The van der Waals surface area contributed by atoms with E-state index in [0.717, 1.165) is 32.1 Å². The van der Waals surface area contributed by atoms with Gasteiger partial charge in [-0.25, -0.2) is 24.0 Å². The number of hydrogen-bond acceptors (Lipinski definition) is 30. The van der Waals surface area contributed by atoms with Crippen molar-refractivity contribution in [3.8, 4) is 0 Å². The van der Waals surface area contributed by atoms with Crippen molar-refractivity contribution in [1.29, 1.82) is 0 Å². The van der Waals surface area contributed by atoms with Crippen LogP contribution in [0, 0.1) is 0 Å². The molecule has 616 valence electrons. The van der Waals surface area contributed by atoms with E-state index in [2.05, 4.69) is 41.1 Å². The Kier molecular flexibility index (Phi) is 39.9. The molecule has 0 spiro atoms. The van der Waals surface area contributed by atoms with Crippen molar-refractivity contribution in [3.05, 3.63) is 138 Å². The Morgan fingerprint density at radius 1 is 0.514 bits per heavy atom. The number of aliphatic imine (C=N–C) groups is 4. The molecule has 0 bridgehead atoms. The highest BCUT2D eigenvalue weighted by Crippen LogP contribution is 2.38. The van der Waals surface area contributed by atoms with Crippen LogP contribution in [0.4, 0.5) is 13.2 Å². The summed E-state index contributed by atoms with van der Waals surface area (Å²) in [4.78, 5) is 132. The standard InChI is InChI=1S/C20H30N2O5S.C16H21N3O4S.C16H20N2O4S.C11H19NO4S.C9H13NO2.C2HF3O2/c1-6-10-14(15-11-9-12-16(23)27-15)21-17(24)19(4)13-28-18(22-19)20(5,25-7-2)26-8-3;1-4-6-11(12-7-5-8-13(20)23-12)17-15(21)16(3)9-24-14(18-16)10(2)19-22;1-4-6-11(12-7-5-8-13(20)22-12)17-15(21)16(3)9-23-14(18-16)10(2)19;1-5-15-11(4,16-6-2)8-12-10(3,7-17-8)9(13)14;1-2-4-7(10)8-5-3-6-9(11)12-8;3-2(4,5)1(6)7/h9,11-12,14H,6-8,10,13H2,1-5H3,(H,21,24);5,7-8,11,22H,4,6,9H2,1-3H3,(H,17,21);5,7-8,11H,4,6,9H2,1-3H3,(H,17,21);5-7H2,1-4H3,(H,13,14);3,5-7H,2,4,10H2,1H3;(H,6,7)/p-1/b;19-10+;;;;/t14-,19+;2*11-,16+;10-;7-;/m11101./s1. The van der Waals surface area contributed by atoms with Gasteiger partial charge in [0.1, 0.15) is 71.5 Å². The van der Waals surface area contributed by atoms with Gasteiger partial charge in [0, 0.05) is 80.6 Å². The number of ketones is 1. The lowest BCUT2D eigenvalue weighted by Gasteiger charge is -2.28. The Labute approximate surface area is 658 Å². The average molecular weight is 1640 g/mol. The number of carbonyl (C=O) groups is 6. The van der Waals surface area contributed by atoms with Crippen molar-refractivity contribution >= 4 is 108 Å². The van der Waals surface area contributed by atoms with E-state index < -0.39 is 68.7 Å². The van der Waals surface area contributed by atoms with Crippen LogP contribution in [-0.4, -0.2) is 161 Å². The minimum absolute atomic E-state index is 0.134. The van der Waals surface area contributed by atoms with Crippen LogP contribution in [0.5, 0.6) is 0 Å². The van der Waals surface area contributed by atoms with Gasteiger partial charge in [0.2, 0.25) is 29.3 Å². The van der Waals surface area contributed by atoms with Gasteiger partial charge in [0.25, 0.3) is 0 Å². The number of rotatable bonds is 31. The van der Waals surface area contributed by atoms with Crippen molar-refractivity contribution < 1.29 is 94.0 Å². The van der Waals surface area contributed by atoms with E-state index in [0.29, 0.717) is 118 Å². The van der Waals surface area contributed by atoms with Gasteiger partial charge in [-0.15, -0.1) is 47.0 Å². The fourth-order valence-electron chi connectivity index (χ4n) is 10.3. The van der Waals surface area contributed by atoms with Gasteiger partial charge in [0.05, 0.1) is 24.2 Å². The first-order chi connectivity index (χ1) is 52.1. The second-order valence-electron chi connectivity index (χ2n) is 26.1. The summed E-state index contributed by atoms with van der Waals surface area (Å²) in [7, 11) is 0. The summed E-state index contributed by atoms with van der Waals surface area (Å²) in [5.41, 5.74) is 0.518. The first kappa shape index (κ1) is 97.2. The van der Waals surface area contributed by atoms with E-state index in [4.69, 9.17) is 62.6 Å². The van der Waals surface area contributed by atoms with Crippen LogP contribution in [0.15, 0.2) is 135 Å². The number of amides is 3. The number of thioether (sulfide) groups is 4. The molecule has 8 heterocycles. The van der Waals surface area contributed by atoms with E-state index in [1.807, 2.05) is 62.3 Å². The maximum Gasteiger partial charge on any atom is 0.430 e. The maximum absolute atomic E-state index is 13.1. The van der Waals surface area contributed by atoms with Crippen molar-refractivity contribution in [3.63, 3.8) is 0 Å². The van der Waals surface area contributed by atoms with Gasteiger partial charge in [-0.1, -0.05) is 82.8 Å². The van der Waals surface area contributed by atoms with Gasteiger partial charge in [-0.3, -0.25) is 39.1 Å². The zero-order chi connectivity index (χ0) is 83.7. The summed E-state index contributed by atoms with van der Waals surface area (Å²) >= 11 is 5.52. The summed E-state index contributed by atoms with van der Waals surface area (Å²) < 4.78 is 74.8. The molecule has 37 heteroatoms. The van der Waals surface area contributed by atoms with Crippen LogP contribution in [0.1, 0.15) is 209 Å². The van der Waals surface area contributed by atoms with Crippen molar-refractivity contribution in [2.75, 3.05) is 49.4 Å². The van der Waals surface area contributed by atoms with Gasteiger partial charge in [-0.2, -0.15) is 13.2 Å². The zero-order valence-electron chi connectivity index (χ0n) is 65.3. The van der Waals surface area contributed by atoms with Crippen molar-refractivity contribution in [1.82, 2.24) is 16.0 Å². The Morgan fingerprint density at radius 3 is 1.08 bits per heavy atom. The van der Waals surface area contributed by atoms with Crippen molar-refractivity contribution in [2.24, 2.45) is 30.9 Å². The molecule has 0 aromatic carbocycles. The van der Waals surface area contributed by atoms with Crippen LogP contribution < -0.4 is 49.3 Å². The SMILES string of the molecule is CCC[C@@H](N)c1cccc(=O)o1.CCC[C@@H](NC(=O)[C@]1(C)CSC(/C(C)=N/O)=N1)c1cccc(=O)o1.CCC[C@@H](NC(=O)[C@]1(C)CSC(C(C)(OCC)OCC)=N1)c1cccc(=O)o1.CCC[C@@H](NC(=O)[C@]1(C)CSC(C(C)=O)=N1)c1cccc(=O)o1.CCOC(C)(OCC)C1=N[C@](C)(C(=O)O)CS1.O=C([O-])C(F)(F)F. The fourth-order valence-corrected chi connectivity index (χ4v) is 15.0. The average Bonchev–Trinajstić information content (AvgIpc) is 1.66. The monoisotopic (exact) mass is 1640 g/mol. The molecule has 3 amide bonds. The number of carboxylic acids is 2. The number of carbonyl (C=O) groups excluding carboxylic acids is 5. The number of oxime groups is 1. The number of aliphatic carboxylic acids is 2. The Balaban J connectivity index is 0.000000359. The lowest BCUT2D eigenvalue weighted by atomic mass is 10.0. The predicted octanol–water partition coefficient (Wildman–Crippen LogP) is 10.2. The van der Waals surface area contributed by atoms with Gasteiger partial charge >= 0.3 is 34.6 Å². The second-order valence-corrected chi connectivity index (χ2v) is 30.0. The molecule has 0 aliphatic carbocycles. The molecular weight excluding hydrogens is 1540 g/mol. The smallest absolute Gasteiger partial charge is 0.430 e. The summed E-state index contributed by atoms with van der Waals surface area (Å²) in [5.74, 6) is -3.02. The molecule has 0 fully saturated rings. The fraction of sp³-hybridized carbons (Fsp3) is 0.581. The molecule has 0 saturated carbocycles. The Bertz CT molecular complexity index is 4160. The van der Waals surface area contributed by atoms with E-state index in [-0.39, 0.29) is 53.3 Å². The van der Waals surface area contributed by atoms with Crippen LogP contribution in [0.3, 0.4) is 0 Å². The molecule has 0 radical (unpaired) electrons.